The second-order valence-electron chi connectivity index (χ2n) is 8.53. The summed E-state index contributed by atoms with van der Waals surface area (Å²) < 4.78 is 10.9. The summed E-state index contributed by atoms with van der Waals surface area (Å²) in [5.41, 5.74) is 0.988. The van der Waals surface area contributed by atoms with E-state index in [1.54, 1.807) is 7.11 Å². The Balaban J connectivity index is 1.39. The molecule has 29 heavy (non-hydrogen) atoms. The van der Waals surface area contributed by atoms with Crippen molar-refractivity contribution in [2.24, 2.45) is 11.8 Å². The fourth-order valence-corrected chi connectivity index (χ4v) is 4.60. The van der Waals surface area contributed by atoms with E-state index in [-0.39, 0.29) is 23.9 Å². The largest absolute Gasteiger partial charge is 0.480 e. The number of aromatic nitrogens is 2. The molecule has 0 bridgehead atoms. The van der Waals surface area contributed by atoms with Crippen LogP contribution in [0.3, 0.4) is 0 Å². The maximum absolute atomic E-state index is 12.6. The summed E-state index contributed by atoms with van der Waals surface area (Å²) in [6.07, 6.45) is 9.64. The Labute approximate surface area is 173 Å². The van der Waals surface area contributed by atoms with Crippen LogP contribution >= 0.6 is 0 Å². The van der Waals surface area contributed by atoms with Crippen LogP contribution in [-0.2, 0) is 14.3 Å². The molecule has 0 spiro atoms. The highest BCUT2D eigenvalue weighted by atomic mass is 16.5. The average Bonchev–Trinajstić information content (AvgIpc) is 2.78. The molecule has 0 radical (unpaired) electrons. The van der Waals surface area contributed by atoms with Gasteiger partial charge in [-0.25, -0.2) is 0 Å². The van der Waals surface area contributed by atoms with Gasteiger partial charge in [-0.1, -0.05) is 13.3 Å². The smallest absolute Gasteiger partial charge is 0.309 e. The van der Waals surface area contributed by atoms with E-state index >= 15 is 0 Å². The van der Waals surface area contributed by atoms with E-state index in [0.29, 0.717) is 24.0 Å². The van der Waals surface area contributed by atoms with E-state index in [1.807, 2.05) is 12.1 Å². The molecular weight excluding hydrogens is 368 g/mol. The molecule has 2 aliphatic rings. The zero-order valence-corrected chi connectivity index (χ0v) is 17.8. The zero-order valence-electron chi connectivity index (χ0n) is 17.8. The van der Waals surface area contributed by atoms with Gasteiger partial charge in [0.05, 0.1) is 18.7 Å². The number of carbonyl (C=O) groups excluding carboxylic acids is 2. The Morgan fingerprint density at radius 3 is 2.24 bits per heavy atom. The molecule has 6 nitrogen and oxygen atoms in total. The predicted molar refractivity (Wildman–Crippen MR) is 110 cm³/mol. The van der Waals surface area contributed by atoms with Crippen LogP contribution in [0, 0.1) is 11.8 Å². The predicted octanol–water partition coefficient (Wildman–Crippen LogP) is 4.62. The van der Waals surface area contributed by atoms with Crippen LogP contribution < -0.4 is 4.74 Å². The van der Waals surface area contributed by atoms with Gasteiger partial charge >= 0.3 is 5.97 Å². The van der Waals surface area contributed by atoms with E-state index in [1.165, 1.54) is 0 Å². The van der Waals surface area contributed by atoms with Crippen molar-refractivity contribution < 1.29 is 19.1 Å². The number of hydrogen-bond acceptors (Lipinski definition) is 6. The molecule has 0 aliphatic heterocycles. The summed E-state index contributed by atoms with van der Waals surface area (Å²) in [6, 6.07) is 3.82. The second kappa shape index (κ2) is 10.7. The third-order valence-electron chi connectivity index (χ3n) is 6.54. The van der Waals surface area contributed by atoms with E-state index in [2.05, 4.69) is 17.1 Å². The van der Waals surface area contributed by atoms with Gasteiger partial charge in [0.2, 0.25) is 5.88 Å². The first-order chi connectivity index (χ1) is 14.1. The summed E-state index contributed by atoms with van der Waals surface area (Å²) in [7, 11) is 1.58. The number of methoxy groups -OCH3 is 1. The minimum absolute atomic E-state index is 0.00821. The maximum Gasteiger partial charge on any atom is 0.309 e. The number of hydrogen-bond donors (Lipinski definition) is 0. The van der Waals surface area contributed by atoms with Gasteiger partial charge in [-0.05, 0) is 63.9 Å². The number of esters is 1. The fraction of sp³-hybridized carbons (Fsp3) is 0.739. The minimum Gasteiger partial charge on any atom is -0.480 e. The number of Topliss-reactive ketones (excluding diaryl/α,β-unsaturated/α-hetero) is 1. The molecule has 1 aromatic rings. The van der Waals surface area contributed by atoms with E-state index < -0.39 is 0 Å². The van der Waals surface area contributed by atoms with Gasteiger partial charge in [0.25, 0.3) is 0 Å². The van der Waals surface area contributed by atoms with Crippen LogP contribution in [0.5, 0.6) is 5.88 Å². The van der Waals surface area contributed by atoms with Crippen LogP contribution in [0.1, 0.15) is 89.2 Å². The van der Waals surface area contributed by atoms with Crippen LogP contribution in [0.4, 0.5) is 0 Å². The molecule has 2 aliphatic carbocycles. The number of ketones is 1. The molecule has 160 valence electrons. The number of ether oxygens (including phenoxy) is 2. The van der Waals surface area contributed by atoms with Crippen molar-refractivity contribution in [1.82, 2.24) is 10.2 Å². The molecule has 1 heterocycles. The zero-order chi connectivity index (χ0) is 20.6. The molecule has 1 aromatic heterocycles. The molecule has 0 N–H and O–H groups in total. The van der Waals surface area contributed by atoms with Crippen molar-refractivity contribution in [2.45, 2.75) is 89.6 Å². The highest BCUT2D eigenvalue weighted by Gasteiger charge is 2.33. The van der Waals surface area contributed by atoms with Crippen LogP contribution in [0.15, 0.2) is 12.1 Å². The SMILES string of the molecule is CCCCC(=O)[C@H]1CC[C@H](C(=O)O[C@H]2CC[C@H](c3ccc(OC)nn3)CC2)CC1. The lowest BCUT2D eigenvalue weighted by atomic mass is 9.79. The lowest BCUT2D eigenvalue weighted by Gasteiger charge is -2.31. The standard InChI is InChI=1S/C23H34N2O4/c1-3-4-5-21(26)17-6-8-18(9-7-17)23(27)29-19-12-10-16(11-13-19)20-14-15-22(28-2)25-24-20/h14-19H,3-13H2,1-2H3/t16-,17-,18-,19-. The molecule has 2 saturated carbocycles. The van der Waals surface area contributed by atoms with Crippen LogP contribution in [0.2, 0.25) is 0 Å². The molecule has 0 saturated heterocycles. The van der Waals surface area contributed by atoms with Crippen molar-refractivity contribution in [2.75, 3.05) is 7.11 Å². The molecule has 0 atom stereocenters. The van der Waals surface area contributed by atoms with Gasteiger partial charge in [0.1, 0.15) is 11.9 Å². The van der Waals surface area contributed by atoms with Crippen LogP contribution in [0.25, 0.3) is 0 Å². The fourth-order valence-electron chi connectivity index (χ4n) is 4.60. The summed E-state index contributed by atoms with van der Waals surface area (Å²) >= 11 is 0. The highest BCUT2D eigenvalue weighted by Crippen LogP contribution is 2.35. The third-order valence-corrected chi connectivity index (χ3v) is 6.54. The van der Waals surface area contributed by atoms with Crippen molar-refractivity contribution in [3.63, 3.8) is 0 Å². The van der Waals surface area contributed by atoms with Gasteiger partial charge in [0, 0.05) is 24.3 Å². The van der Waals surface area contributed by atoms with Crippen LogP contribution in [-0.4, -0.2) is 35.2 Å². The Bertz CT molecular complexity index is 660. The topological polar surface area (TPSA) is 78.4 Å². The first kappa shape index (κ1) is 21.7. The monoisotopic (exact) mass is 402 g/mol. The lowest BCUT2D eigenvalue weighted by Crippen LogP contribution is -2.31. The first-order valence-electron chi connectivity index (χ1n) is 11.2. The van der Waals surface area contributed by atoms with Crippen molar-refractivity contribution in [3.8, 4) is 5.88 Å². The van der Waals surface area contributed by atoms with Gasteiger partial charge in [-0.2, -0.15) is 5.10 Å². The third kappa shape index (κ3) is 6.00. The average molecular weight is 403 g/mol. The van der Waals surface area contributed by atoms with Gasteiger partial charge in [-0.15, -0.1) is 5.10 Å². The molecular formula is C23H34N2O4. The normalized spacial score (nSPS) is 27.2. The Morgan fingerprint density at radius 1 is 0.966 bits per heavy atom. The quantitative estimate of drug-likeness (QED) is 0.590. The lowest BCUT2D eigenvalue weighted by molar-refractivity contribution is -0.157. The second-order valence-corrected chi connectivity index (χ2v) is 8.53. The first-order valence-corrected chi connectivity index (χ1v) is 11.2. The number of carbonyl (C=O) groups is 2. The summed E-state index contributed by atoms with van der Waals surface area (Å²) in [6.45, 7) is 2.11. The number of nitrogens with zero attached hydrogens (tertiary/aromatic N) is 2. The van der Waals surface area contributed by atoms with Gasteiger partial charge < -0.3 is 9.47 Å². The van der Waals surface area contributed by atoms with Crippen molar-refractivity contribution in [1.29, 1.82) is 0 Å². The summed E-state index contributed by atoms with van der Waals surface area (Å²) in [5.74, 6) is 1.35. The summed E-state index contributed by atoms with van der Waals surface area (Å²) in [4.78, 5) is 24.8. The van der Waals surface area contributed by atoms with E-state index in [0.717, 1.165) is 69.9 Å². The van der Waals surface area contributed by atoms with E-state index in [4.69, 9.17) is 9.47 Å². The highest BCUT2D eigenvalue weighted by molar-refractivity contribution is 5.81. The molecule has 0 aromatic carbocycles. The van der Waals surface area contributed by atoms with E-state index in [9.17, 15) is 9.59 Å². The molecule has 3 rings (SSSR count). The van der Waals surface area contributed by atoms with Gasteiger partial charge in [-0.3, -0.25) is 9.59 Å². The minimum atomic E-state index is -0.0582. The summed E-state index contributed by atoms with van der Waals surface area (Å²) in [5, 5.41) is 8.32. The number of unbranched alkanes of at least 4 members (excludes halogenated alkanes) is 1. The molecule has 0 amide bonds. The van der Waals surface area contributed by atoms with Crippen molar-refractivity contribution >= 4 is 11.8 Å². The van der Waals surface area contributed by atoms with Gasteiger partial charge in [0.15, 0.2) is 0 Å². The Morgan fingerprint density at radius 2 is 1.66 bits per heavy atom. The molecule has 0 unspecified atom stereocenters. The maximum atomic E-state index is 12.6. The Kier molecular flexibility index (Phi) is 8.01. The number of rotatable bonds is 8. The molecule has 6 heteroatoms. The Hall–Kier alpha value is -1.98. The molecule has 2 fully saturated rings. The van der Waals surface area contributed by atoms with Crippen molar-refractivity contribution in [3.05, 3.63) is 17.8 Å².